The van der Waals surface area contributed by atoms with Gasteiger partial charge in [0.2, 0.25) is 0 Å². The standard InChI is InChI=1S/C25H24N2O2S/c1-3-29-25(28)19-10-12-21(13-11-19)30-16-15-27-23-9-5-4-8-22(23)18(2)24(27)20-7-6-14-26-17-20/h4-14,17H,3,15-16H2,1-2H3. The molecule has 0 aliphatic carbocycles. The normalized spacial score (nSPS) is 11.0. The molecule has 0 aliphatic rings. The number of fused-ring (bicyclic) bond motifs is 1. The molecular formula is C25H24N2O2S. The number of nitrogens with zero attached hydrogens (tertiary/aromatic N) is 2. The van der Waals surface area contributed by atoms with Gasteiger partial charge >= 0.3 is 5.97 Å². The molecule has 0 amide bonds. The predicted molar refractivity (Wildman–Crippen MR) is 123 cm³/mol. The third-order valence-electron chi connectivity index (χ3n) is 5.11. The van der Waals surface area contributed by atoms with Crippen molar-refractivity contribution in [2.24, 2.45) is 0 Å². The molecule has 2 aromatic carbocycles. The molecule has 0 unspecified atom stereocenters. The van der Waals surface area contributed by atoms with E-state index in [0.29, 0.717) is 12.2 Å². The SMILES string of the molecule is CCOC(=O)c1ccc(SCCn2c(-c3cccnc3)c(C)c3ccccc32)cc1. The van der Waals surface area contributed by atoms with Gasteiger partial charge in [0.05, 0.1) is 17.9 Å². The summed E-state index contributed by atoms with van der Waals surface area (Å²) in [5.41, 5.74) is 5.47. The van der Waals surface area contributed by atoms with E-state index in [1.807, 2.05) is 49.6 Å². The Labute approximate surface area is 180 Å². The summed E-state index contributed by atoms with van der Waals surface area (Å²) in [6.07, 6.45) is 3.74. The van der Waals surface area contributed by atoms with Crippen molar-refractivity contribution in [3.63, 3.8) is 0 Å². The Morgan fingerprint density at radius 2 is 1.87 bits per heavy atom. The Morgan fingerprint density at radius 3 is 2.60 bits per heavy atom. The lowest BCUT2D eigenvalue weighted by atomic mass is 10.1. The zero-order valence-electron chi connectivity index (χ0n) is 17.2. The maximum atomic E-state index is 11.8. The van der Waals surface area contributed by atoms with Gasteiger partial charge in [-0.3, -0.25) is 4.98 Å². The monoisotopic (exact) mass is 416 g/mol. The van der Waals surface area contributed by atoms with Gasteiger partial charge in [-0.1, -0.05) is 18.2 Å². The summed E-state index contributed by atoms with van der Waals surface area (Å²) < 4.78 is 7.44. The topological polar surface area (TPSA) is 44.1 Å². The summed E-state index contributed by atoms with van der Waals surface area (Å²) >= 11 is 1.78. The lowest BCUT2D eigenvalue weighted by Crippen LogP contribution is -2.04. The van der Waals surface area contributed by atoms with Crippen LogP contribution >= 0.6 is 11.8 Å². The molecule has 0 fully saturated rings. The molecule has 30 heavy (non-hydrogen) atoms. The average molecular weight is 417 g/mol. The fourth-order valence-electron chi connectivity index (χ4n) is 3.74. The number of hydrogen-bond donors (Lipinski definition) is 0. The zero-order valence-corrected chi connectivity index (χ0v) is 18.0. The van der Waals surface area contributed by atoms with Crippen LogP contribution in [0.25, 0.3) is 22.2 Å². The van der Waals surface area contributed by atoms with Crippen LogP contribution in [0.2, 0.25) is 0 Å². The smallest absolute Gasteiger partial charge is 0.338 e. The van der Waals surface area contributed by atoms with Crippen molar-refractivity contribution in [2.75, 3.05) is 12.4 Å². The van der Waals surface area contributed by atoms with Crippen LogP contribution < -0.4 is 0 Å². The van der Waals surface area contributed by atoms with Crippen molar-refractivity contribution >= 4 is 28.6 Å². The molecule has 0 aliphatic heterocycles. The van der Waals surface area contributed by atoms with Gasteiger partial charge in [-0.2, -0.15) is 0 Å². The van der Waals surface area contributed by atoms with E-state index in [0.717, 1.165) is 22.8 Å². The van der Waals surface area contributed by atoms with E-state index in [1.165, 1.54) is 22.2 Å². The summed E-state index contributed by atoms with van der Waals surface area (Å²) in [6, 6.07) is 20.3. The van der Waals surface area contributed by atoms with Gasteiger partial charge < -0.3 is 9.30 Å². The van der Waals surface area contributed by atoms with E-state index in [9.17, 15) is 4.79 Å². The van der Waals surface area contributed by atoms with Crippen LogP contribution in [0.5, 0.6) is 0 Å². The zero-order chi connectivity index (χ0) is 20.9. The van der Waals surface area contributed by atoms with Gasteiger partial charge in [-0.25, -0.2) is 4.79 Å². The molecule has 152 valence electrons. The second kappa shape index (κ2) is 9.18. The summed E-state index contributed by atoms with van der Waals surface area (Å²) in [4.78, 5) is 17.3. The first-order chi connectivity index (χ1) is 14.7. The Balaban J connectivity index is 1.55. The molecule has 0 saturated heterocycles. The maximum absolute atomic E-state index is 11.8. The van der Waals surface area contributed by atoms with Gasteiger partial charge in [0, 0.05) is 46.1 Å². The van der Waals surface area contributed by atoms with Crippen LogP contribution in [0.15, 0.2) is 78.0 Å². The molecule has 0 N–H and O–H groups in total. The molecule has 0 saturated carbocycles. The van der Waals surface area contributed by atoms with Crippen LogP contribution in [0.3, 0.4) is 0 Å². The van der Waals surface area contributed by atoms with Crippen molar-refractivity contribution in [2.45, 2.75) is 25.3 Å². The van der Waals surface area contributed by atoms with E-state index in [4.69, 9.17) is 4.74 Å². The highest BCUT2D eigenvalue weighted by atomic mass is 32.2. The maximum Gasteiger partial charge on any atom is 0.338 e. The number of esters is 1. The number of pyridine rings is 1. The number of benzene rings is 2. The molecule has 0 bridgehead atoms. The number of carbonyl (C=O) groups is 1. The summed E-state index contributed by atoms with van der Waals surface area (Å²) in [6.45, 7) is 5.26. The van der Waals surface area contributed by atoms with Gasteiger partial charge in [0.1, 0.15) is 0 Å². The minimum absolute atomic E-state index is 0.274. The fraction of sp³-hybridized carbons (Fsp3) is 0.200. The molecule has 0 radical (unpaired) electrons. The Morgan fingerprint density at radius 1 is 1.07 bits per heavy atom. The van der Waals surface area contributed by atoms with Crippen LogP contribution in [-0.2, 0) is 11.3 Å². The largest absolute Gasteiger partial charge is 0.462 e. The molecule has 2 aromatic heterocycles. The third kappa shape index (κ3) is 4.12. The molecule has 0 spiro atoms. The summed E-state index contributed by atoms with van der Waals surface area (Å²) in [5.74, 6) is 0.647. The molecule has 4 rings (SSSR count). The van der Waals surface area contributed by atoms with E-state index in [1.54, 1.807) is 11.8 Å². The first-order valence-electron chi connectivity index (χ1n) is 10.1. The van der Waals surface area contributed by atoms with Crippen molar-refractivity contribution < 1.29 is 9.53 Å². The fourth-order valence-corrected chi connectivity index (χ4v) is 4.58. The molecule has 2 heterocycles. The first kappa shape index (κ1) is 20.2. The summed E-state index contributed by atoms with van der Waals surface area (Å²) in [5, 5.41) is 1.28. The Kier molecular flexibility index (Phi) is 6.19. The average Bonchev–Trinajstić information content (AvgIpc) is 3.07. The first-order valence-corrected chi connectivity index (χ1v) is 11.1. The van der Waals surface area contributed by atoms with Crippen LogP contribution in [0, 0.1) is 6.92 Å². The molecular weight excluding hydrogens is 392 g/mol. The molecule has 4 aromatic rings. The van der Waals surface area contributed by atoms with Crippen LogP contribution in [-0.4, -0.2) is 27.9 Å². The van der Waals surface area contributed by atoms with Crippen molar-refractivity contribution in [1.82, 2.24) is 9.55 Å². The third-order valence-corrected chi connectivity index (χ3v) is 6.10. The van der Waals surface area contributed by atoms with Gasteiger partial charge in [-0.15, -0.1) is 11.8 Å². The van der Waals surface area contributed by atoms with Crippen LogP contribution in [0.1, 0.15) is 22.8 Å². The second-order valence-electron chi connectivity index (χ2n) is 6.98. The van der Waals surface area contributed by atoms with Gasteiger partial charge in [0.25, 0.3) is 0 Å². The predicted octanol–water partition coefficient (Wildman–Crippen LogP) is 5.98. The number of carbonyl (C=O) groups excluding carboxylic acids is 1. The number of rotatable bonds is 7. The van der Waals surface area contributed by atoms with E-state index >= 15 is 0 Å². The van der Waals surface area contributed by atoms with E-state index in [2.05, 4.69) is 46.8 Å². The van der Waals surface area contributed by atoms with Crippen molar-refractivity contribution in [1.29, 1.82) is 0 Å². The highest BCUT2D eigenvalue weighted by molar-refractivity contribution is 7.99. The summed E-state index contributed by atoms with van der Waals surface area (Å²) in [7, 11) is 0. The van der Waals surface area contributed by atoms with Crippen molar-refractivity contribution in [3.8, 4) is 11.3 Å². The number of aromatic nitrogens is 2. The quantitative estimate of drug-likeness (QED) is 0.275. The highest BCUT2D eigenvalue weighted by Crippen LogP contribution is 2.33. The number of thioether (sulfide) groups is 1. The number of hydrogen-bond acceptors (Lipinski definition) is 4. The van der Waals surface area contributed by atoms with Crippen molar-refractivity contribution in [3.05, 3.63) is 84.2 Å². The van der Waals surface area contributed by atoms with E-state index in [-0.39, 0.29) is 5.97 Å². The number of para-hydroxylation sites is 1. The number of ether oxygens (including phenoxy) is 1. The minimum atomic E-state index is -0.274. The van der Waals surface area contributed by atoms with E-state index < -0.39 is 0 Å². The lowest BCUT2D eigenvalue weighted by Gasteiger charge is -2.12. The lowest BCUT2D eigenvalue weighted by molar-refractivity contribution is 0.0526. The molecule has 4 nitrogen and oxygen atoms in total. The molecule has 0 atom stereocenters. The van der Waals surface area contributed by atoms with Gasteiger partial charge in [0.15, 0.2) is 0 Å². The highest BCUT2D eigenvalue weighted by Gasteiger charge is 2.15. The minimum Gasteiger partial charge on any atom is -0.462 e. The Bertz CT molecular complexity index is 1150. The second-order valence-corrected chi connectivity index (χ2v) is 8.15. The van der Waals surface area contributed by atoms with Crippen LogP contribution in [0.4, 0.5) is 0 Å². The molecule has 5 heteroatoms. The van der Waals surface area contributed by atoms with Gasteiger partial charge in [-0.05, 0) is 61.9 Å². The Hall–Kier alpha value is -3.05. The number of aryl methyl sites for hydroxylation is 2.